The molecule has 2 aliphatic rings. The van der Waals surface area contributed by atoms with Crippen molar-refractivity contribution >= 4 is 28.7 Å². The molecule has 0 spiro atoms. The Morgan fingerprint density at radius 1 is 1.15 bits per heavy atom. The Labute approximate surface area is 164 Å². The lowest BCUT2D eigenvalue weighted by Crippen LogP contribution is -2.49. The first-order chi connectivity index (χ1) is 13.2. The highest BCUT2D eigenvalue weighted by Gasteiger charge is 2.22. The van der Waals surface area contributed by atoms with Crippen LogP contribution in [0.2, 0.25) is 0 Å². The van der Waals surface area contributed by atoms with Gasteiger partial charge in [-0.15, -0.1) is 11.3 Å². The molecule has 2 saturated heterocycles. The zero-order valence-corrected chi connectivity index (χ0v) is 16.7. The number of amides is 2. The lowest BCUT2D eigenvalue weighted by atomic mass is 10.2. The minimum Gasteiger partial charge on any atom is -0.371 e. The number of aromatic nitrogens is 1. The van der Waals surface area contributed by atoms with Crippen LogP contribution < -0.4 is 10.2 Å². The molecule has 7 heteroatoms. The lowest BCUT2D eigenvalue weighted by molar-refractivity contribution is 0.142. The molecule has 1 aromatic carbocycles. The van der Waals surface area contributed by atoms with Crippen molar-refractivity contribution in [2.24, 2.45) is 0 Å². The van der Waals surface area contributed by atoms with Gasteiger partial charge in [-0.1, -0.05) is 6.07 Å². The number of carbonyl (C=O) groups excluding carboxylic acids is 1. The van der Waals surface area contributed by atoms with E-state index in [1.807, 2.05) is 24.0 Å². The summed E-state index contributed by atoms with van der Waals surface area (Å²) in [6.45, 7) is 8.40. The van der Waals surface area contributed by atoms with Crippen LogP contribution in [0.1, 0.15) is 23.5 Å². The lowest BCUT2D eigenvalue weighted by Gasteiger charge is -2.34. The monoisotopic (exact) mass is 385 g/mol. The number of anilines is 2. The van der Waals surface area contributed by atoms with Crippen LogP contribution in [0.25, 0.3) is 0 Å². The van der Waals surface area contributed by atoms with Gasteiger partial charge in [0, 0.05) is 62.6 Å². The minimum absolute atomic E-state index is 0.00211. The zero-order chi connectivity index (χ0) is 18.6. The standard InChI is InChI=1S/C20H27N5OS/c1-16-21-18(15-27-16)14-23-9-11-25(12-10-23)20(26)22-17-5-4-6-19(13-17)24-7-2-3-8-24/h4-6,13,15H,2-3,7-12,14H2,1H3,(H,22,26). The third-order valence-electron chi connectivity index (χ3n) is 5.28. The van der Waals surface area contributed by atoms with Gasteiger partial charge >= 0.3 is 6.03 Å². The van der Waals surface area contributed by atoms with Crippen LogP contribution in [-0.4, -0.2) is 60.1 Å². The van der Waals surface area contributed by atoms with E-state index in [0.29, 0.717) is 0 Å². The molecule has 0 bridgehead atoms. The van der Waals surface area contributed by atoms with Crippen LogP contribution >= 0.6 is 11.3 Å². The Balaban J connectivity index is 1.28. The molecule has 3 heterocycles. The maximum atomic E-state index is 12.6. The Bertz CT molecular complexity index is 778. The summed E-state index contributed by atoms with van der Waals surface area (Å²) in [4.78, 5) is 23.8. The molecular formula is C20H27N5OS. The molecule has 0 saturated carbocycles. The van der Waals surface area contributed by atoms with Crippen molar-refractivity contribution in [2.45, 2.75) is 26.3 Å². The topological polar surface area (TPSA) is 51.7 Å². The van der Waals surface area contributed by atoms with E-state index in [9.17, 15) is 4.79 Å². The molecule has 27 heavy (non-hydrogen) atoms. The molecule has 2 aromatic rings. The number of benzene rings is 1. The summed E-state index contributed by atoms with van der Waals surface area (Å²) < 4.78 is 0. The van der Waals surface area contributed by atoms with E-state index in [1.54, 1.807) is 11.3 Å². The van der Waals surface area contributed by atoms with E-state index >= 15 is 0 Å². The van der Waals surface area contributed by atoms with Crippen molar-refractivity contribution < 1.29 is 4.79 Å². The van der Waals surface area contributed by atoms with Crippen LogP contribution in [0.3, 0.4) is 0 Å². The molecule has 6 nitrogen and oxygen atoms in total. The summed E-state index contributed by atoms with van der Waals surface area (Å²) in [6.07, 6.45) is 2.50. The quantitative estimate of drug-likeness (QED) is 0.876. The SMILES string of the molecule is Cc1nc(CN2CCN(C(=O)Nc3cccc(N4CCCC4)c3)CC2)cs1. The number of piperazine rings is 1. The number of hydrogen-bond acceptors (Lipinski definition) is 5. The fraction of sp³-hybridized carbons (Fsp3) is 0.500. The summed E-state index contributed by atoms with van der Waals surface area (Å²) in [5.41, 5.74) is 3.22. The number of hydrogen-bond donors (Lipinski definition) is 1. The number of carbonyl (C=O) groups is 1. The van der Waals surface area contributed by atoms with Crippen molar-refractivity contribution in [2.75, 3.05) is 49.5 Å². The Morgan fingerprint density at radius 3 is 2.63 bits per heavy atom. The average Bonchev–Trinajstić information content (AvgIpc) is 3.35. The smallest absolute Gasteiger partial charge is 0.321 e. The van der Waals surface area contributed by atoms with E-state index in [-0.39, 0.29) is 6.03 Å². The molecule has 0 unspecified atom stereocenters. The van der Waals surface area contributed by atoms with Crippen LogP contribution in [0.5, 0.6) is 0 Å². The summed E-state index contributed by atoms with van der Waals surface area (Å²) >= 11 is 1.69. The highest BCUT2D eigenvalue weighted by atomic mass is 32.1. The molecule has 0 radical (unpaired) electrons. The molecule has 144 valence electrons. The van der Waals surface area contributed by atoms with Gasteiger partial charge in [-0.3, -0.25) is 4.90 Å². The first kappa shape index (κ1) is 18.3. The maximum Gasteiger partial charge on any atom is 0.321 e. The van der Waals surface area contributed by atoms with E-state index in [4.69, 9.17) is 0 Å². The van der Waals surface area contributed by atoms with Crippen LogP contribution in [0.15, 0.2) is 29.6 Å². The third-order valence-corrected chi connectivity index (χ3v) is 6.10. The zero-order valence-electron chi connectivity index (χ0n) is 15.9. The molecule has 0 aliphatic carbocycles. The molecule has 1 N–H and O–H groups in total. The van der Waals surface area contributed by atoms with Crippen LogP contribution in [0.4, 0.5) is 16.2 Å². The second-order valence-corrected chi connectivity index (χ2v) is 8.36. The Morgan fingerprint density at radius 2 is 1.93 bits per heavy atom. The molecule has 2 amide bonds. The largest absolute Gasteiger partial charge is 0.371 e. The fourth-order valence-electron chi connectivity index (χ4n) is 3.78. The van der Waals surface area contributed by atoms with Crippen molar-refractivity contribution in [3.63, 3.8) is 0 Å². The summed E-state index contributed by atoms with van der Waals surface area (Å²) in [6, 6.07) is 8.21. The van der Waals surface area contributed by atoms with Gasteiger partial charge in [-0.25, -0.2) is 9.78 Å². The van der Waals surface area contributed by atoms with Crippen molar-refractivity contribution in [3.8, 4) is 0 Å². The summed E-state index contributed by atoms with van der Waals surface area (Å²) in [5, 5.41) is 6.31. The Hall–Kier alpha value is -2.12. The van der Waals surface area contributed by atoms with E-state index in [1.165, 1.54) is 18.5 Å². The minimum atomic E-state index is -0.00211. The normalized spacial score (nSPS) is 18.1. The third kappa shape index (κ3) is 4.59. The van der Waals surface area contributed by atoms with Crippen molar-refractivity contribution in [1.29, 1.82) is 0 Å². The van der Waals surface area contributed by atoms with Crippen molar-refractivity contribution in [3.05, 3.63) is 40.3 Å². The van der Waals surface area contributed by atoms with Gasteiger partial charge in [0.15, 0.2) is 0 Å². The van der Waals surface area contributed by atoms with Gasteiger partial charge in [-0.05, 0) is 38.0 Å². The first-order valence-corrected chi connectivity index (χ1v) is 10.6. The highest BCUT2D eigenvalue weighted by molar-refractivity contribution is 7.09. The maximum absolute atomic E-state index is 12.6. The molecule has 1 aromatic heterocycles. The number of aryl methyl sites for hydroxylation is 1. The fourth-order valence-corrected chi connectivity index (χ4v) is 4.38. The first-order valence-electron chi connectivity index (χ1n) is 9.72. The van der Waals surface area contributed by atoms with Crippen LogP contribution in [-0.2, 0) is 6.54 Å². The van der Waals surface area contributed by atoms with Gasteiger partial charge in [0.1, 0.15) is 0 Å². The number of thiazole rings is 1. The predicted octanol–water partition coefficient (Wildman–Crippen LogP) is 3.40. The number of urea groups is 1. The van der Waals surface area contributed by atoms with Gasteiger partial charge in [-0.2, -0.15) is 0 Å². The number of nitrogens with one attached hydrogen (secondary N) is 1. The second-order valence-electron chi connectivity index (χ2n) is 7.30. The summed E-state index contributed by atoms with van der Waals surface area (Å²) in [5.74, 6) is 0. The van der Waals surface area contributed by atoms with Gasteiger partial charge < -0.3 is 15.1 Å². The van der Waals surface area contributed by atoms with Gasteiger partial charge in [0.25, 0.3) is 0 Å². The predicted molar refractivity (Wildman–Crippen MR) is 111 cm³/mol. The molecule has 4 rings (SSSR count). The van der Waals surface area contributed by atoms with Crippen LogP contribution in [0, 0.1) is 6.92 Å². The van der Waals surface area contributed by atoms with Gasteiger partial charge in [0.05, 0.1) is 10.7 Å². The van der Waals surface area contributed by atoms with Crippen molar-refractivity contribution in [1.82, 2.24) is 14.8 Å². The molecule has 0 atom stereocenters. The molecule has 2 fully saturated rings. The number of nitrogens with zero attached hydrogens (tertiary/aromatic N) is 4. The Kier molecular flexibility index (Phi) is 5.59. The summed E-state index contributed by atoms with van der Waals surface area (Å²) in [7, 11) is 0. The van der Waals surface area contributed by atoms with E-state index in [2.05, 4.69) is 37.6 Å². The highest BCUT2D eigenvalue weighted by Crippen LogP contribution is 2.23. The van der Waals surface area contributed by atoms with Gasteiger partial charge in [0.2, 0.25) is 0 Å². The van der Waals surface area contributed by atoms with E-state index < -0.39 is 0 Å². The second kappa shape index (κ2) is 8.27. The molecular weight excluding hydrogens is 358 g/mol. The van der Waals surface area contributed by atoms with E-state index in [0.717, 1.165) is 62.2 Å². The molecule has 2 aliphatic heterocycles. The average molecular weight is 386 g/mol. The number of rotatable bonds is 4.